The molecule has 1 fully saturated rings. The number of amides is 2. The van der Waals surface area contributed by atoms with E-state index in [1.165, 1.54) is 0 Å². The number of carbonyl (C=O) groups is 2. The van der Waals surface area contributed by atoms with Crippen molar-refractivity contribution >= 4 is 17.5 Å². The fourth-order valence-electron chi connectivity index (χ4n) is 3.81. The second-order valence-electron chi connectivity index (χ2n) is 7.70. The van der Waals surface area contributed by atoms with Crippen LogP contribution in [0.2, 0.25) is 0 Å². The van der Waals surface area contributed by atoms with E-state index in [2.05, 4.69) is 15.4 Å². The molecule has 1 aliphatic heterocycles. The van der Waals surface area contributed by atoms with Crippen LogP contribution in [0.15, 0.2) is 42.5 Å². The lowest BCUT2D eigenvalue weighted by Gasteiger charge is -2.16. The van der Waals surface area contributed by atoms with E-state index >= 15 is 0 Å². The number of halogens is 3. The van der Waals surface area contributed by atoms with Crippen molar-refractivity contribution in [3.8, 4) is 0 Å². The van der Waals surface area contributed by atoms with Gasteiger partial charge >= 0.3 is 6.18 Å². The molecule has 0 saturated carbocycles. The molecular formula is C22H22F3N5O2. The SMILES string of the molecule is CCc1cc(C(F)(F)F)n2nc([C@@H]3CCN(C(=O)CNC(=O)c4ccccc4)C3)cc2n1. The van der Waals surface area contributed by atoms with Gasteiger partial charge in [-0.2, -0.15) is 18.3 Å². The molecular weight excluding hydrogens is 423 g/mol. The maximum atomic E-state index is 13.5. The Labute approximate surface area is 182 Å². The summed E-state index contributed by atoms with van der Waals surface area (Å²) in [6, 6.07) is 11.2. The molecule has 3 heterocycles. The van der Waals surface area contributed by atoms with Crippen LogP contribution in [0.4, 0.5) is 13.2 Å². The van der Waals surface area contributed by atoms with Crippen molar-refractivity contribution in [1.29, 1.82) is 0 Å². The maximum Gasteiger partial charge on any atom is 0.433 e. The normalized spacial score (nSPS) is 16.5. The number of rotatable bonds is 5. The van der Waals surface area contributed by atoms with E-state index < -0.39 is 11.9 Å². The third-order valence-corrected chi connectivity index (χ3v) is 5.55. The minimum absolute atomic E-state index is 0.145. The summed E-state index contributed by atoms with van der Waals surface area (Å²) in [6.45, 7) is 2.36. The average Bonchev–Trinajstić information content (AvgIpc) is 3.43. The maximum absolute atomic E-state index is 13.5. The monoisotopic (exact) mass is 445 g/mol. The first kappa shape index (κ1) is 21.8. The fraction of sp³-hybridized carbons (Fsp3) is 0.364. The van der Waals surface area contributed by atoms with E-state index in [0.717, 1.165) is 10.6 Å². The number of alkyl halides is 3. The Morgan fingerprint density at radius 3 is 2.62 bits per heavy atom. The first-order chi connectivity index (χ1) is 15.3. The van der Waals surface area contributed by atoms with Gasteiger partial charge in [-0.3, -0.25) is 9.59 Å². The van der Waals surface area contributed by atoms with Crippen molar-refractivity contribution in [1.82, 2.24) is 24.8 Å². The van der Waals surface area contributed by atoms with Crippen LogP contribution < -0.4 is 5.32 Å². The lowest BCUT2D eigenvalue weighted by Crippen LogP contribution is -2.39. The first-order valence-electron chi connectivity index (χ1n) is 10.3. The van der Waals surface area contributed by atoms with Crippen LogP contribution in [0.25, 0.3) is 5.65 Å². The Kier molecular flexibility index (Phi) is 5.86. The molecule has 7 nitrogen and oxygen atoms in total. The summed E-state index contributed by atoms with van der Waals surface area (Å²) < 4.78 is 41.3. The highest BCUT2D eigenvalue weighted by Crippen LogP contribution is 2.32. The topological polar surface area (TPSA) is 79.6 Å². The smallest absolute Gasteiger partial charge is 0.343 e. The molecule has 2 amide bonds. The molecule has 1 saturated heterocycles. The third-order valence-electron chi connectivity index (χ3n) is 5.55. The van der Waals surface area contributed by atoms with Crippen LogP contribution in [0, 0.1) is 0 Å². The Balaban J connectivity index is 1.45. The van der Waals surface area contributed by atoms with Crippen molar-refractivity contribution in [2.45, 2.75) is 31.9 Å². The number of carbonyl (C=O) groups excluding carboxylic acids is 2. The predicted octanol–water partition coefficient (Wildman–Crippen LogP) is 3.06. The van der Waals surface area contributed by atoms with Crippen molar-refractivity contribution in [3.05, 3.63) is 65.1 Å². The molecule has 32 heavy (non-hydrogen) atoms. The summed E-state index contributed by atoms with van der Waals surface area (Å²) in [5, 5.41) is 6.77. The van der Waals surface area contributed by atoms with Gasteiger partial charge in [-0.05, 0) is 31.0 Å². The lowest BCUT2D eigenvalue weighted by molar-refractivity contribution is -0.142. The number of aromatic nitrogens is 3. The molecule has 0 radical (unpaired) electrons. The molecule has 1 aliphatic rings. The zero-order valence-corrected chi connectivity index (χ0v) is 17.4. The van der Waals surface area contributed by atoms with Crippen LogP contribution in [0.1, 0.15) is 46.7 Å². The number of fused-ring (bicyclic) bond motifs is 1. The number of hydrogen-bond acceptors (Lipinski definition) is 4. The Bertz CT molecular complexity index is 1140. The van der Waals surface area contributed by atoms with Crippen LogP contribution in [0.5, 0.6) is 0 Å². The van der Waals surface area contributed by atoms with Crippen LogP contribution in [-0.2, 0) is 17.4 Å². The van der Waals surface area contributed by atoms with Gasteiger partial charge in [0.25, 0.3) is 5.91 Å². The van der Waals surface area contributed by atoms with Crippen LogP contribution in [-0.4, -0.2) is 50.9 Å². The standard InChI is InChI=1S/C22H22F3N5O2/c1-2-16-10-18(22(23,24)25)30-19(27-16)11-17(28-30)15-8-9-29(13-15)20(31)12-26-21(32)14-6-4-3-5-7-14/h3-7,10-11,15H,2,8-9,12-13H2,1H3,(H,26,32)/t15-/m1/s1. The van der Waals surface area contributed by atoms with Gasteiger partial charge in [0.15, 0.2) is 5.65 Å². The second-order valence-corrected chi connectivity index (χ2v) is 7.70. The molecule has 0 bridgehead atoms. The zero-order valence-electron chi connectivity index (χ0n) is 17.4. The molecule has 1 aromatic carbocycles. The highest BCUT2D eigenvalue weighted by Gasteiger charge is 2.36. The largest absolute Gasteiger partial charge is 0.433 e. The Hall–Kier alpha value is -3.43. The molecule has 2 aromatic heterocycles. The highest BCUT2D eigenvalue weighted by molar-refractivity contribution is 5.96. The van der Waals surface area contributed by atoms with Gasteiger partial charge in [0, 0.05) is 36.3 Å². The molecule has 4 rings (SSSR count). The Morgan fingerprint density at radius 1 is 1.19 bits per heavy atom. The summed E-state index contributed by atoms with van der Waals surface area (Å²) in [4.78, 5) is 30.5. The number of nitrogens with one attached hydrogen (secondary N) is 1. The van der Waals surface area contributed by atoms with E-state index in [1.807, 2.05) is 0 Å². The number of nitrogens with zero attached hydrogens (tertiary/aromatic N) is 4. The van der Waals surface area contributed by atoms with Gasteiger partial charge in [0.2, 0.25) is 5.91 Å². The lowest BCUT2D eigenvalue weighted by atomic mass is 10.1. The van der Waals surface area contributed by atoms with Gasteiger partial charge in [-0.25, -0.2) is 9.50 Å². The van der Waals surface area contributed by atoms with E-state index in [-0.39, 0.29) is 29.9 Å². The molecule has 0 unspecified atom stereocenters. The average molecular weight is 445 g/mol. The predicted molar refractivity (Wildman–Crippen MR) is 110 cm³/mol. The van der Waals surface area contributed by atoms with Crippen molar-refractivity contribution < 1.29 is 22.8 Å². The summed E-state index contributed by atoms with van der Waals surface area (Å²) in [5.74, 6) is -0.785. The molecule has 0 aliphatic carbocycles. The van der Waals surface area contributed by atoms with Gasteiger partial charge < -0.3 is 10.2 Å². The van der Waals surface area contributed by atoms with E-state index in [1.54, 1.807) is 48.2 Å². The fourth-order valence-corrected chi connectivity index (χ4v) is 3.81. The van der Waals surface area contributed by atoms with Crippen molar-refractivity contribution in [2.75, 3.05) is 19.6 Å². The number of aryl methyl sites for hydroxylation is 1. The van der Waals surface area contributed by atoms with Gasteiger partial charge in [0.1, 0.15) is 5.69 Å². The number of benzene rings is 1. The van der Waals surface area contributed by atoms with E-state index in [0.29, 0.717) is 42.9 Å². The van der Waals surface area contributed by atoms with Crippen LogP contribution in [0.3, 0.4) is 0 Å². The molecule has 10 heteroatoms. The number of likely N-dealkylation sites (tertiary alicyclic amines) is 1. The van der Waals surface area contributed by atoms with E-state index in [4.69, 9.17) is 0 Å². The van der Waals surface area contributed by atoms with Crippen molar-refractivity contribution in [2.24, 2.45) is 0 Å². The summed E-state index contributed by atoms with van der Waals surface area (Å²) in [5.41, 5.74) is 0.559. The zero-order chi connectivity index (χ0) is 22.9. The van der Waals surface area contributed by atoms with Crippen molar-refractivity contribution in [3.63, 3.8) is 0 Å². The second kappa shape index (κ2) is 8.60. The quantitative estimate of drug-likeness (QED) is 0.655. The molecule has 3 aromatic rings. The van der Waals surface area contributed by atoms with Gasteiger partial charge in [-0.1, -0.05) is 25.1 Å². The Morgan fingerprint density at radius 2 is 1.94 bits per heavy atom. The number of hydrogen-bond donors (Lipinski definition) is 1. The highest BCUT2D eigenvalue weighted by atomic mass is 19.4. The molecule has 168 valence electrons. The summed E-state index contributed by atoms with van der Waals surface area (Å²) >= 11 is 0. The first-order valence-corrected chi connectivity index (χ1v) is 10.3. The summed E-state index contributed by atoms with van der Waals surface area (Å²) in [6.07, 6.45) is -3.60. The van der Waals surface area contributed by atoms with Gasteiger partial charge in [0.05, 0.1) is 12.2 Å². The molecule has 1 atom stereocenters. The molecule has 1 N–H and O–H groups in total. The van der Waals surface area contributed by atoms with Gasteiger partial charge in [-0.15, -0.1) is 0 Å². The minimum Gasteiger partial charge on any atom is -0.343 e. The minimum atomic E-state index is -4.55. The van der Waals surface area contributed by atoms with E-state index in [9.17, 15) is 22.8 Å². The van der Waals surface area contributed by atoms with Crippen LogP contribution >= 0.6 is 0 Å². The summed E-state index contributed by atoms with van der Waals surface area (Å²) in [7, 11) is 0. The molecule has 0 spiro atoms. The third kappa shape index (κ3) is 4.44.